The fourth-order valence-electron chi connectivity index (χ4n) is 2.43. The van der Waals surface area contributed by atoms with Gasteiger partial charge in [0.25, 0.3) is 0 Å². The van der Waals surface area contributed by atoms with Gasteiger partial charge in [-0.05, 0) is 25.7 Å². The maximum Gasteiger partial charge on any atom is 0.220 e. The third-order valence-electron chi connectivity index (χ3n) is 3.50. The van der Waals surface area contributed by atoms with Crippen LogP contribution in [0, 0.1) is 0 Å². The van der Waals surface area contributed by atoms with Crippen molar-refractivity contribution in [3.63, 3.8) is 0 Å². The Balaban J connectivity index is 1.55. The second-order valence-corrected chi connectivity index (χ2v) is 10.3. The monoisotopic (exact) mass is 323 g/mol. The second kappa shape index (κ2) is 7.22. The van der Waals surface area contributed by atoms with Crippen LogP contribution in [-0.4, -0.2) is 42.9 Å². The molecule has 0 aliphatic carbocycles. The predicted molar refractivity (Wildman–Crippen MR) is 82.1 cm³/mol. The van der Waals surface area contributed by atoms with E-state index < -0.39 is 9.84 Å². The highest BCUT2D eigenvalue weighted by atomic mass is 33.1. The van der Waals surface area contributed by atoms with Gasteiger partial charge in [0.2, 0.25) is 5.91 Å². The van der Waals surface area contributed by atoms with Gasteiger partial charge in [0.15, 0.2) is 9.84 Å². The van der Waals surface area contributed by atoms with E-state index in [0.717, 1.165) is 18.1 Å². The summed E-state index contributed by atoms with van der Waals surface area (Å²) in [5.41, 5.74) is 0. The number of rotatable bonds is 6. The Morgan fingerprint density at radius 3 is 2.74 bits per heavy atom. The first-order valence-corrected chi connectivity index (χ1v) is 11.0. The Hall–Kier alpha value is 0.120. The standard InChI is InChI=1S/C12H21NO3S3/c14-12(13-10-6-8-19(15,16)9-10)4-2-1-3-11-5-7-17-18-11/h10-11H,1-9H2,(H,13,14)/t10?,11-/m1/s1. The summed E-state index contributed by atoms with van der Waals surface area (Å²) < 4.78 is 22.5. The molecule has 2 saturated heterocycles. The van der Waals surface area contributed by atoms with Crippen molar-refractivity contribution in [1.82, 2.24) is 5.32 Å². The van der Waals surface area contributed by atoms with E-state index in [-0.39, 0.29) is 23.5 Å². The average Bonchev–Trinajstić information content (AvgIpc) is 2.94. The van der Waals surface area contributed by atoms with Gasteiger partial charge in [-0.3, -0.25) is 4.79 Å². The highest BCUT2D eigenvalue weighted by Crippen LogP contribution is 2.39. The van der Waals surface area contributed by atoms with E-state index in [9.17, 15) is 13.2 Å². The Morgan fingerprint density at radius 2 is 2.11 bits per heavy atom. The van der Waals surface area contributed by atoms with Gasteiger partial charge in [-0.15, -0.1) is 0 Å². The minimum atomic E-state index is -2.90. The number of carbonyl (C=O) groups is 1. The van der Waals surface area contributed by atoms with E-state index in [4.69, 9.17) is 0 Å². The Kier molecular flexibility index (Phi) is 5.89. The van der Waals surface area contributed by atoms with E-state index in [1.807, 2.05) is 21.6 Å². The van der Waals surface area contributed by atoms with E-state index in [2.05, 4.69) is 5.32 Å². The highest BCUT2D eigenvalue weighted by Gasteiger charge is 2.28. The molecule has 1 unspecified atom stereocenters. The van der Waals surface area contributed by atoms with Crippen LogP contribution in [0.25, 0.3) is 0 Å². The zero-order valence-corrected chi connectivity index (χ0v) is 13.4. The van der Waals surface area contributed by atoms with Crippen molar-refractivity contribution in [3.8, 4) is 0 Å². The zero-order valence-electron chi connectivity index (χ0n) is 11.0. The molecule has 110 valence electrons. The fourth-order valence-corrected chi connectivity index (χ4v) is 7.13. The highest BCUT2D eigenvalue weighted by molar-refractivity contribution is 8.77. The molecule has 4 nitrogen and oxygen atoms in total. The van der Waals surface area contributed by atoms with Crippen LogP contribution in [0.4, 0.5) is 0 Å². The lowest BCUT2D eigenvalue weighted by molar-refractivity contribution is -0.121. The summed E-state index contributed by atoms with van der Waals surface area (Å²) in [7, 11) is 1.03. The summed E-state index contributed by atoms with van der Waals surface area (Å²) in [4.78, 5) is 11.7. The molecule has 2 fully saturated rings. The summed E-state index contributed by atoms with van der Waals surface area (Å²) in [6, 6.07) is -0.153. The molecule has 2 atom stereocenters. The summed E-state index contributed by atoms with van der Waals surface area (Å²) in [6.45, 7) is 0. The van der Waals surface area contributed by atoms with Gasteiger partial charge in [-0.1, -0.05) is 28.0 Å². The summed E-state index contributed by atoms with van der Waals surface area (Å²) in [6.07, 6.45) is 5.59. The smallest absolute Gasteiger partial charge is 0.220 e. The van der Waals surface area contributed by atoms with Crippen LogP contribution in [0.5, 0.6) is 0 Å². The molecule has 1 N–H and O–H groups in total. The fraction of sp³-hybridized carbons (Fsp3) is 0.917. The van der Waals surface area contributed by atoms with Crippen molar-refractivity contribution in [2.75, 3.05) is 17.3 Å². The third kappa shape index (κ3) is 5.55. The van der Waals surface area contributed by atoms with Crippen molar-refractivity contribution >= 4 is 37.3 Å². The molecular formula is C12H21NO3S3. The molecule has 0 aromatic heterocycles. The minimum Gasteiger partial charge on any atom is -0.352 e. The van der Waals surface area contributed by atoms with Gasteiger partial charge in [0.1, 0.15) is 0 Å². The minimum absolute atomic E-state index is 0.00977. The van der Waals surface area contributed by atoms with Crippen LogP contribution in [0.3, 0.4) is 0 Å². The van der Waals surface area contributed by atoms with Crippen LogP contribution in [0.15, 0.2) is 0 Å². The maximum atomic E-state index is 11.7. The lowest BCUT2D eigenvalue weighted by Crippen LogP contribution is -2.35. The van der Waals surface area contributed by atoms with Gasteiger partial charge >= 0.3 is 0 Å². The molecule has 2 aliphatic heterocycles. The van der Waals surface area contributed by atoms with Crippen molar-refractivity contribution in [1.29, 1.82) is 0 Å². The maximum absolute atomic E-state index is 11.7. The van der Waals surface area contributed by atoms with Crippen LogP contribution < -0.4 is 5.32 Å². The summed E-state index contributed by atoms with van der Waals surface area (Å²) in [5, 5.41) is 3.61. The number of sulfone groups is 1. The quantitative estimate of drug-likeness (QED) is 0.598. The first-order chi connectivity index (χ1) is 9.05. The van der Waals surface area contributed by atoms with Crippen molar-refractivity contribution in [2.24, 2.45) is 0 Å². The molecule has 0 aromatic carbocycles. The van der Waals surface area contributed by atoms with E-state index in [0.29, 0.717) is 12.8 Å². The summed E-state index contributed by atoms with van der Waals surface area (Å²) in [5.74, 6) is 1.60. The first-order valence-electron chi connectivity index (χ1n) is 6.83. The average molecular weight is 324 g/mol. The first kappa shape index (κ1) is 15.5. The van der Waals surface area contributed by atoms with Gasteiger partial charge < -0.3 is 5.32 Å². The summed E-state index contributed by atoms with van der Waals surface area (Å²) >= 11 is 0. The van der Waals surface area contributed by atoms with Crippen molar-refractivity contribution in [2.45, 2.75) is 49.8 Å². The molecule has 19 heavy (non-hydrogen) atoms. The van der Waals surface area contributed by atoms with Crippen molar-refractivity contribution < 1.29 is 13.2 Å². The molecule has 2 rings (SSSR count). The number of hydrogen-bond acceptors (Lipinski definition) is 5. The van der Waals surface area contributed by atoms with Crippen LogP contribution in [0.2, 0.25) is 0 Å². The van der Waals surface area contributed by atoms with Crippen LogP contribution in [0.1, 0.15) is 38.5 Å². The van der Waals surface area contributed by atoms with E-state index >= 15 is 0 Å². The molecule has 1 amide bonds. The molecule has 2 aliphatic rings. The largest absolute Gasteiger partial charge is 0.352 e. The van der Waals surface area contributed by atoms with Crippen LogP contribution in [-0.2, 0) is 14.6 Å². The molecule has 0 bridgehead atoms. The molecule has 0 aromatic rings. The molecular weight excluding hydrogens is 302 g/mol. The lowest BCUT2D eigenvalue weighted by atomic mass is 10.1. The van der Waals surface area contributed by atoms with Crippen LogP contribution >= 0.6 is 21.6 Å². The Morgan fingerprint density at radius 1 is 1.26 bits per heavy atom. The molecule has 0 radical (unpaired) electrons. The van der Waals surface area contributed by atoms with Gasteiger partial charge in [-0.25, -0.2) is 8.42 Å². The van der Waals surface area contributed by atoms with E-state index in [1.54, 1.807) is 0 Å². The number of carbonyl (C=O) groups excluding carboxylic acids is 1. The van der Waals surface area contributed by atoms with Crippen molar-refractivity contribution in [3.05, 3.63) is 0 Å². The zero-order chi connectivity index (χ0) is 13.7. The molecule has 0 saturated carbocycles. The lowest BCUT2D eigenvalue weighted by Gasteiger charge is -2.11. The number of hydrogen-bond donors (Lipinski definition) is 1. The molecule has 7 heteroatoms. The topological polar surface area (TPSA) is 63.2 Å². The van der Waals surface area contributed by atoms with Gasteiger partial charge in [-0.2, -0.15) is 0 Å². The predicted octanol–water partition coefficient (Wildman–Crippen LogP) is 2.00. The number of amides is 1. The normalized spacial score (nSPS) is 29.5. The third-order valence-corrected chi connectivity index (χ3v) is 8.28. The van der Waals surface area contributed by atoms with Gasteiger partial charge in [0, 0.05) is 23.5 Å². The Bertz CT molecular complexity index is 404. The number of nitrogens with one attached hydrogen (secondary N) is 1. The van der Waals surface area contributed by atoms with Gasteiger partial charge in [0.05, 0.1) is 11.5 Å². The SMILES string of the molecule is O=C(CCCC[C@@H]1CCSS1)NC1CCS(=O)(=O)C1. The molecule has 0 spiro atoms. The number of unbranched alkanes of at least 4 members (excludes halogenated alkanes) is 1. The Labute approximate surface area is 123 Å². The van der Waals surface area contributed by atoms with E-state index in [1.165, 1.54) is 18.6 Å². The second-order valence-electron chi connectivity index (χ2n) is 5.24. The molecule has 2 heterocycles.